The minimum absolute atomic E-state index is 0.0524. The Morgan fingerprint density at radius 2 is 2.29 bits per heavy atom. The highest BCUT2D eigenvalue weighted by Crippen LogP contribution is 2.28. The molecule has 0 spiro atoms. The maximum Gasteiger partial charge on any atom is 0.239 e. The molecule has 1 saturated carbocycles. The van der Waals surface area contributed by atoms with Crippen molar-refractivity contribution in [1.29, 1.82) is 0 Å². The Bertz CT molecular complexity index is 268. The van der Waals surface area contributed by atoms with Crippen molar-refractivity contribution in [2.24, 2.45) is 5.92 Å². The minimum Gasteiger partial charge on any atom is -0.392 e. The quantitative estimate of drug-likeness (QED) is 0.622. The summed E-state index contributed by atoms with van der Waals surface area (Å²) in [5, 5.41) is 12.4. The van der Waals surface area contributed by atoms with Crippen LogP contribution in [-0.4, -0.2) is 61.4 Å². The predicted molar refractivity (Wildman–Crippen MR) is 63.6 cm³/mol. The van der Waals surface area contributed by atoms with E-state index in [9.17, 15) is 9.90 Å². The number of β-amino-alcohol motifs (C(OH)–C–C–N with tert-alkyl or cyclic N) is 1. The summed E-state index contributed by atoms with van der Waals surface area (Å²) in [5.41, 5.74) is 0. The lowest BCUT2D eigenvalue weighted by molar-refractivity contribution is -0.132. The number of carbonyl (C=O) groups is 1. The molecule has 2 rings (SSSR count). The number of hydrogen-bond acceptors (Lipinski definition) is 4. The highest BCUT2D eigenvalue weighted by molar-refractivity contribution is 5.82. The SMILES string of the molecule is CN(CCOCC1CC1)C(=O)C1CC(O)CN1. The lowest BCUT2D eigenvalue weighted by Gasteiger charge is -2.21. The Morgan fingerprint density at radius 3 is 2.88 bits per heavy atom. The van der Waals surface area contributed by atoms with Crippen molar-refractivity contribution < 1.29 is 14.6 Å². The van der Waals surface area contributed by atoms with Gasteiger partial charge in [-0.05, 0) is 25.2 Å². The summed E-state index contributed by atoms with van der Waals surface area (Å²) in [4.78, 5) is 13.6. The van der Waals surface area contributed by atoms with Gasteiger partial charge in [0.05, 0.1) is 18.8 Å². The van der Waals surface area contributed by atoms with Crippen molar-refractivity contribution in [2.45, 2.75) is 31.4 Å². The number of aliphatic hydroxyl groups is 1. The Kier molecular flexibility index (Phi) is 4.36. The second kappa shape index (κ2) is 5.80. The molecule has 0 aromatic rings. The Balaban J connectivity index is 1.60. The maximum absolute atomic E-state index is 11.9. The number of rotatable bonds is 6. The zero-order valence-electron chi connectivity index (χ0n) is 10.4. The third-order valence-electron chi connectivity index (χ3n) is 3.40. The van der Waals surface area contributed by atoms with Gasteiger partial charge in [0.2, 0.25) is 5.91 Å². The number of aliphatic hydroxyl groups excluding tert-OH is 1. The molecular weight excluding hydrogens is 220 g/mol. The van der Waals surface area contributed by atoms with Crippen LogP contribution in [0.3, 0.4) is 0 Å². The van der Waals surface area contributed by atoms with Gasteiger partial charge in [0.25, 0.3) is 0 Å². The monoisotopic (exact) mass is 242 g/mol. The van der Waals surface area contributed by atoms with Crippen LogP contribution in [0.5, 0.6) is 0 Å². The molecule has 2 atom stereocenters. The lowest BCUT2D eigenvalue weighted by atomic mass is 10.2. The van der Waals surface area contributed by atoms with Gasteiger partial charge in [-0.3, -0.25) is 4.79 Å². The zero-order valence-corrected chi connectivity index (χ0v) is 10.4. The van der Waals surface area contributed by atoms with Gasteiger partial charge in [0, 0.05) is 26.7 Å². The molecule has 98 valence electrons. The van der Waals surface area contributed by atoms with Gasteiger partial charge < -0.3 is 20.1 Å². The maximum atomic E-state index is 11.9. The van der Waals surface area contributed by atoms with Crippen molar-refractivity contribution in [3.8, 4) is 0 Å². The van der Waals surface area contributed by atoms with E-state index in [1.165, 1.54) is 12.8 Å². The van der Waals surface area contributed by atoms with Crippen LogP contribution >= 0.6 is 0 Å². The van der Waals surface area contributed by atoms with E-state index in [1.807, 2.05) is 0 Å². The second-order valence-corrected chi connectivity index (χ2v) is 5.13. The summed E-state index contributed by atoms with van der Waals surface area (Å²) in [5.74, 6) is 0.819. The molecule has 1 saturated heterocycles. The first kappa shape index (κ1) is 12.8. The number of ether oxygens (including phenoxy) is 1. The standard InChI is InChI=1S/C12H22N2O3/c1-14(4-5-17-8-9-2-3-9)12(16)11-6-10(15)7-13-11/h9-11,13,15H,2-8H2,1H3. The first-order valence-electron chi connectivity index (χ1n) is 6.41. The fourth-order valence-corrected chi connectivity index (χ4v) is 2.02. The van der Waals surface area contributed by atoms with E-state index >= 15 is 0 Å². The molecule has 2 unspecified atom stereocenters. The van der Waals surface area contributed by atoms with Crippen molar-refractivity contribution in [3.63, 3.8) is 0 Å². The van der Waals surface area contributed by atoms with Gasteiger partial charge in [-0.25, -0.2) is 0 Å². The van der Waals surface area contributed by atoms with E-state index in [2.05, 4.69) is 5.32 Å². The molecule has 1 heterocycles. The number of amides is 1. The van der Waals surface area contributed by atoms with Crippen LogP contribution in [0.1, 0.15) is 19.3 Å². The van der Waals surface area contributed by atoms with Gasteiger partial charge in [-0.15, -0.1) is 0 Å². The summed E-state index contributed by atoms with van der Waals surface area (Å²) in [6, 6.07) is -0.224. The molecule has 0 aromatic heterocycles. The average molecular weight is 242 g/mol. The van der Waals surface area contributed by atoms with E-state index < -0.39 is 0 Å². The molecule has 5 nitrogen and oxygen atoms in total. The molecular formula is C12H22N2O3. The van der Waals surface area contributed by atoms with Gasteiger partial charge in [-0.1, -0.05) is 0 Å². The molecule has 2 aliphatic rings. The van der Waals surface area contributed by atoms with Gasteiger partial charge in [0.1, 0.15) is 0 Å². The lowest BCUT2D eigenvalue weighted by Crippen LogP contribution is -2.42. The number of carbonyl (C=O) groups excluding carboxylic acids is 1. The first-order valence-corrected chi connectivity index (χ1v) is 6.41. The Labute approximate surface area is 102 Å². The van der Waals surface area contributed by atoms with E-state index in [-0.39, 0.29) is 18.1 Å². The number of nitrogens with zero attached hydrogens (tertiary/aromatic N) is 1. The second-order valence-electron chi connectivity index (χ2n) is 5.13. The summed E-state index contributed by atoms with van der Waals surface area (Å²) >= 11 is 0. The van der Waals surface area contributed by atoms with E-state index in [4.69, 9.17) is 4.74 Å². The van der Waals surface area contributed by atoms with Crippen LogP contribution in [-0.2, 0) is 9.53 Å². The smallest absolute Gasteiger partial charge is 0.239 e. The molecule has 1 aliphatic heterocycles. The summed E-state index contributed by atoms with van der Waals surface area (Å²) in [6.07, 6.45) is 2.71. The van der Waals surface area contributed by atoms with Crippen molar-refractivity contribution in [2.75, 3.05) is 33.4 Å². The summed E-state index contributed by atoms with van der Waals surface area (Å²) in [6.45, 7) is 2.58. The minimum atomic E-state index is -0.386. The molecule has 1 amide bonds. The molecule has 0 radical (unpaired) electrons. The van der Waals surface area contributed by atoms with E-state index in [1.54, 1.807) is 11.9 Å². The molecule has 17 heavy (non-hydrogen) atoms. The van der Waals surface area contributed by atoms with Crippen LogP contribution in [0.2, 0.25) is 0 Å². The molecule has 5 heteroatoms. The molecule has 2 N–H and O–H groups in total. The number of nitrogens with one attached hydrogen (secondary N) is 1. The number of likely N-dealkylation sites (N-methyl/N-ethyl adjacent to an activating group) is 1. The van der Waals surface area contributed by atoms with Crippen LogP contribution < -0.4 is 5.32 Å². The van der Waals surface area contributed by atoms with Crippen LogP contribution in [0.4, 0.5) is 0 Å². The summed E-state index contributed by atoms with van der Waals surface area (Å²) < 4.78 is 5.50. The Hall–Kier alpha value is -0.650. The average Bonchev–Trinajstić information content (AvgIpc) is 3.04. The van der Waals surface area contributed by atoms with Gasteiger partial charge >= 0.3 is 0 Å². The predicted octanol–water partition coefficient (Wildman–Crippen LogP) is -0.406. The first-order chi connectivity index (χ1) is 8.16. The highest BCUT2D eigenvalue weighted by atomic mass is 16.5. The fraction of sp³-hybridized carbons (Fsp3) is 0.917. The topological polar surface area (TPSA) is 61.8 Å². The van der Waals surface area contributed by atoms with Crippen molar-refractivity contribution in [1.82, 2.24) is 10.2 Å². The Morgan fingerprint density at radius 1 is 1.53 bits per heavy atom. The summed E-state index contributed by atoms with van der Waals surface area (Å²) in [7, 11) is 1.79. The third kappa shape index (κ3) is 3.94. The molecule has 1 aliphatic carbocycles. The van der Waals surface area contributed by atoms with Gasteiger partial charge in [-0.2, -0.15) is 0 Å². The zero-order chi connectivity index (χ0) is 12.3. The van der Waals surface area contributed by atoms with Crippen molar-refractivity contribution >= 4 is 5.91 Å². The van der Waals surface area contributed by atoms with Crippen LogP contribution in [0, 0.1) is 5.92 Å². The largest absolute Gasteiger partial charge is 0.392 e. The van der Waals surface area contributed by atoms with E-state index in [0.717, 1.165) is 12.5 Å². The van der Waals surface area contributed by atoms with Crippen LogP contribution in [0.15, 0.2) is 0 Å². The number of hydrogen-bond donors (Lipinski definition) is 2. The molecule has 2 fully saturated rings. The normalized spacial score (nSPS) is 28.4. The third-order valence-corrected chi connectivity index (χ3v) is 3.40. The van der Waals surface area contributed by atoms with Crippen molar-refractivity contribution in [3.05, 3.63) is 0 Å². The fourth-order valence-electron chi connectivity index (χ4n) is 2.02. The van der Waals surface area contributed by atoms with Gasteiger partial charge in [0.15, 0.2) is 0 Å². The molecule has 0 bridgehead atoms. The van der Waals surface area contributed by atoms with E-state index in [0.29, 0.717) is 26.1 Å². The van der Waals surface area contributed by atoms with Crippen LogP contribution in [0.25, 0.3) is 0 Å². The highest BCUT2D eigenvalue weighted by Gasteiger charge is 2.29. The molecule has 0 aromatic carbocycles.